The Hall–Kier alpha value is -0.0500. The van der Waals surface area contributed by atoms with Crippen LogP contribution in [-0.4, -0.2) is 59.4 Å². The van der Waals surface area contributed by atoms with E-state index in [0.29, 0.717) is 6.42 Å². The van der Waals surface area contributed by atoms with Crippen molar-refractivity contribution < 1.29 is 17.8 Å². The van der Waals surface area contributed by atoms with Gasteiger partial charge in [0.05, 0.1) is 5.75 Å². The van der Waals surface area contributed by atoms with Gasteiger partial charge in [-0.2, -0.15) is 21.0 Å². The molecule has 1 amide bonds. The minimum absolute atomic E-state index is 0. The molecule has 8 heteroatoms. The van der Waals surface area contributed by atoms with E-state index in [1.807, 2.05) is 25.1 Å². The fourth-order valence-corrected chi connectivity index (χ4v) is 2.59. The van der Waals surface area contributed by atoms with Crippen LogP contribution in [0.4, 0.5) is 5.69 Å². The molecule has 19 heavy (non-hydrogen) atoms. The summed E-state index contributed by atoms with van der Waals surface area (Å²) in [5.41, 5.74) is 1.66. The third-order valence-corrected chi connectivity index (χ3v) is 3.88. The summed E-state index contributed by atoms with van der Waals surface area (Å²) in [4.78, 5) is 10.8. The number of fused-ring (bicyclic) bond motifs is 2. The summed E-state index contributed by atoms with van der Waals surface area (Å²) in [5.74, 6) is -0.248. The molecule has 0 aromatic heterocycles. The second kappa shape index (κ2) is 8.28. The number of hydrogen-bond donors (Lipinski definition) is 3. The number of nitrogens with one attached hydrogen (secondary N) is 1. The van der Waals surface area contributed by atoms with Gasteiger partial charge < -0.3 is 5.32 Å². The van der Waals surface area contributed by atoms with Crippen LogP contribution in [0.15, 0.2) is 24.3 Å². The molecule has 2 N–H and O–H groups in total. The Kier molecular flexibility index (Phi) is 8.26. The summed E-state index contributed by atoms with van der Waals surface area (Å²) in [5, 5.41) is 2.43. The monoisotopic (exact) mass is 313 g/mol. The molecule has 2 rings (SSSR count). The number of amides is 1. The minimum atomic E-state index is -3.81. The summed E-state index contributed by atoms with van der Waals surface area (Å²) in [7, 11) is -3.81. The maximum absolute atomic E-state index is 10.8. The van der Waals surface area contributed by atoms with Crippen molar-refractivity contribution in [2.45, 2.75) is 18.6 Å². The van der Waals surface area contributed by atoms with Gasteiger partial charge in [0, 0.05) is 16.5 Å². The van der Waals surface area contributed by atoms with Gasteiger partial charge in [-0.3, -0.25) is 9.35 Å². The molecule has 0 radical (unpaired) electrons. The Morgan fingerprint density at radius 1 is 1.42 bits per heavy atom. The van der Waals surface area contributed by atoms with E-state index in [-0.39, 0.29) is 46.5 Å². The molecule has 2 bridgehead atoms. The summed E-state index contributed by atoms with van der Waals surface area (Å²) in [6.45, 7) is 1.81. The molecule has 102 valence electrons. The first-order chi connectivity index (χ1) is 8.31. The predicted molar refractivity (Wildman–Crippen MR) is 81.0 cm³/mol. The van der Waals surface area contributed by atoms with Crippen molar-refractivity contribution in [3.8, 4) is 0 Å². The molecule has 0 spiro atoms. The van der Waals surface area contributed by atoms with Crippen LogP contribution in [0.3, 0.4) is 0 Å². The molecule has 1 aromatic rings. The van der Waals surface area contributed by atoms with Crippen molar-refractivity contribution >= 4 is 63.9 Å². The molecule has 0 saturated carbocycles. The van der Waals surface area contributed by atoms with Gasteiger partial charge in [0.15, 0.2) is 0 Å². The van der Waals surface area contributed by atoms with Crippen molar-refractivity contribution in [3.63, 3.8) is 0 Å². The van der Waals surface area contributed by atoms with E-state index in [1.54, 1.807) is 6.07 Å². The molecule has 1 aromatic carbocycles. The maximum atomic E-state index is 10.8. The number of benzene rings is 1. The molecule has 1 aliphatic rings. The number of carbonyl (C=O) groups excluding carboxylic acids is 1. The van der Waals surface area contributed by atoms with Gasteiger partial charge in [-0.25, -0.2) is 0 Å². The van der Waals surface area contributed by atoms with Gasteiger partial charge >= 0.3 is 29.6 Å². The van der Waals surface area contributed by atoms with Gasteiger partial charge in [-0.15, -0.1) is 0 Å². The third-order valence-electron chi connectivity index (χ3n) is 2.26. The van der Waals surface area contributed by atoms with Crippen LogP contribution in [0.25, 0.3) is 0 Å². The van der Waals surface area contributed by atoms with E-state index >= 15 is 0 Å². The average Bonchev–Trinajstić information content (AvgIpc) is 2.51. The molecular weight excluding hydrogens is 297 g/mol. The fraction of sp³-hybridized carbons (Fsp3) is 0.364. The normalized spacial score (nSPS) is 13.7. The van der Waals surface area contributed by atoms with Crippen LogP contribution in [0.5, 0.6) is 0 Å². The molecule has 1 atom stereocenters. The number of carbonyl (C=O) groups is 1. The third kappa shape index (κ3) is 7.34. The van der Waals surface area contributed by atoms with Crippen molar-refractivity contribution in [2.75, 3.05) is 11.1 Å². The molecule has 1 heterocycles. The number of hydrogen-bond acceptors (Lipinski definition) is 4. The van der Waals surface area contributed by atoms with Gasteiger partial charge in [0.2, 0.25) is 0 Å². The Labute approximate surface area is 140 Å². The first kappa shape index (κ1) is 18.9. The van der Waals surface area contributed by atoms with Crippen molar-refractivity contribution in [1.82, 2.24) is 0 Å². The van der Waals surface area contributed by atoms with E-state index in [0.717, 1.165) is 11.3 Å². The zero-order valence-electron chi connectivity index (χ0n) is 9.83. The number of anilines is 1. The molecular formula is C11H16NNaO4S2. The molecule has 0 saturated heterocycles. The van der Waals surface area contributed by atoms with Crippen LogP contribution >= 0.6 is 12.6 Å². The molecule has 1 aliphatic heterocycles. The van der Waals surface area contributed by atoms with E-state index < -0.39 is 10.1 Å². The molecule has 0 fully saturated rings. The zero-order chi connectivity index (χ0) is 13.8. The number of rotatable bonds is 3. The van der Waals surface area contributed by atoms with Gasteiger partial charge in [-0.1, -0.05) is 13.0 Å². The van der Waals surface area contributed by atoms with Crippen molar-refractivity contribution in [1.29, 1.82) is 0 Å². The van der Waals surface area contributed by atoms with Crippen LogP contribution in [-0.2, 0) is 10.1 Å². The second-order valence-corrected chi connectivity index (χ2v) is 6.07. The first-order valence-corrected chi connectivity index (χ1v) is 7.49. The van der Waals surface area contributed by atoms with Crippen molar-refractivity contribution in [3.05, 3.63) is 29.8 Å². The van der Waals surface area contributed by atoms with Crippen LogP contribution in [0.2, 0.25) is 0 Å². The topological polar surface area (TPSA) is 83.5 Å². The van der Waals surface area contributed by atoms with Crippen molar-refractivity contribution in [2.24, 2.45) is 0 Å². The quantitative estimate of drug-likeness (QED) is 0.445. The Morgan fingerprint density at radius 2 is 2.05 bits per heavy atom. The van der Waals surface area contributed by atoms with E-state index in [9.17, 15) is 13.2 Å². The fourth-order valence-electron chi connectivity index (χ4n) is 1.30. The first-order valence-electron chi connectivity index (χ1n) is 5.36. The summed E-state index contributed by atoms with van der Waals surface area (Å²) >= 11 is 3.88. The summed E-state index contributed by atoms with van der Waals surface area (Å²) < 4.78 is 28.5. The van der Waals surface area contributed by atoms with Gasteiger partial charge in [0.25, 0.3) is 16.0 Å². The zero-order valence-corrected chi connectivity index (χ0v) is 11.5. The predicted octanol–water partition coefficient (Wildman–Crippen LogP) is 1.19. The van der Waals surface area contributed by atoms with Gasteiger partial charge in [-0.05, 0) is 24.6 Å². The molecule has 0 aliphatic carbocycles. The standard InChI is InChI=1S/C7H5NO.C4H10O3S2.Na.H/c9-7-5-2-1-3-6(4-5)8-7;1-2-4(8)3-9(5,6)7;;/h1-4H,(H,8,9);4,8H,2-3H2,1H3,(H,5,6,7);;. The molecule has 1 unspecified atom stereocenters. The Morgan fingerprint density at radius 3 is 2.42 bits per heavy atom. The SMILES string of the molecule is CCC(S)CS(=O)(=O)O.O=C1Nc2cccc1c2.[NaH]. The Bertz CT molecular complexity index is 533. The van der Waals surface area contributed by atoms with Crippen LogP contribution < -0.4 is 5.32 Å². The summed E-state index contributed by atoms with van der Waals surface area (Å²) in [6, 6.07) is 7.37. The van der Waals surface area contributed by atoms with Gasteiger partial charge in [0.1, 0.15) is 0 Å². The summed E-state index contributed by atoms with van der Waals surface area (Å²) in [6.07, 6.45) is 0.642. The Balaban J connectivity index is 0.000000324. The van der Waals surface area contributed by atoms with Crippen LogP contribution in [0, 0.1) is 0 Å². The van der Waals surface area contributed by atoms with E-state index in [2.05, 4.69) is 17.9 Å². The van der Waals surface area contributed by atoms with E-state index in [4.69, 9.17) is 4.55 Å². The van der Waals surface area contributed by atoms with E-state index in [1.165, 1.54) is 0 Å². The number of thiol groups is 1. The second-order valence-electron chi connectivity index (χ2n) is 3.85. The van der Waals surface area contributed by atoms with Crippen LogP contribution in [0.1, 0.15) is 23.7 Å². The molecule has 5 nitrogen and oxygen atoms in total. The average molecular weight is 313 g/mol.